The quantitative estimate of drug-likeness (QED) is 0.924. The van der Waals surface area contributed by atoms with Gasteiger partial charge in [0.25, 0.3) is 0 Å². The molecular formula is C11H10ClFN2OS. The second-order valence-electron chi connectivity index (χ2n) is 3.26. The Balaban J connectivity index is 2.04. The van der Waals surface area contributed by atoms with Gasteiger partial charge in [-0.15, -0.1) is 11.3 Å². The summed E-state index contributed by atoms with van der Waals surface area (Å²) in [6, 6.07) is 4.60. The Hall–Kier alpha value is -1.33. The number of nitrogens with one attached hydrogen (secondary N) is 1. The topological polar surface area (TPSA) is 34.1 Å². The molecule has 0 saturated carbocycles. The average molecular weight is 273 g/mol. The summed E-state index contributed by atoms with van der Waals surface area (Å²) in [5, 5.41) is 3.99. The second kappa shape index (κ2) is 5.33. The summed E-state index contributed by atoms with van der Waals surface area (Å²) in [6.07, 6.45) is 1.61. The molecule has 1 N–H and O–H groups in total. The fourth-order valence-corrected chi connectivity index (χ4v) is 2.21. The first-order chi connectivity index (χ1) is 8.19. The average Bonchev–Trinajstić information content (AvgIpc) is 2.74. The molecular weight excluding hydrogens is 263 g/mol. The zero-order valence-corrected chi connectivity index (χ0v) is 10.6. The van der Waals surface area contributed by atoms with Crippen LogP contribution < -0.4 is 10.1 Å². The molecule has 1 heterocycles. The zero-order valence-electron chi connectivity index (χ0n) is 9.04. The van der Waals surface area contributed by atoms with Gasteiger partial charge in [0.15, 0.2) is 11.6 Å². The maximum absolute atomic E-state index is 13.2. The van der Waals surface area contributed by atoms with Crippen LogP contribution in [0.5, 0.6) is 5.75 Å². The monoisotopic (exact) mass is 272 g/mol. The van der Waals surface area contributed by atoms with E-state index in [1.165, 1.54) is 24.5 Å². The van der Waals surface area contributed by atoms with E-state index in [1.54, 1.807) is 18.3 Å². The van der Waals surface area contributed by atoms with Crippen molar-refractivity contribution >= 4 is 28.6 Å². The minimum absolute atomic E-state index is 0.215. The first kappa shape index (κ1) is 12.1. The summed E-state index contributed by atoms with van der Waals surface area (Å²) in [5.41, 5.74) is 0.773. The Morgan fingerprint density at radius 3 is 3.00 bits per heavy atom. The molecule has 2 rings (SSSR count). The number of hydrogen-bond acceptors (Lipinski definition) is 4. The van der Waals surface area contributed by atoms with E-state index < -0.39 is 0 Å². The van der Waals surface area contributed by atoms with Crippen LogP contribution in [-0.4, -0.2) is 12.1 Å². The van der Waals surface area contributed by atoms with Gasteiger partial charge in [-0.3, -0.25) is 0 Å². The highest BCUT2D eigenvalue weighted by atomic mass is 35.5. The van der Waals surface area contributed by atoms with E-state index in [0.29, 0.717) is 10.9 Å². The molecule has 0 amide bonds. The van der Waals surface area contributed by atoms with Crippen molar-refractivity contribution in [3.05, 3.63) is 39.6 Å². The highest BCUT2D eigenvalue weighted by molar-refractivity contribution is 7.15. The highest BCUT2D eigenvalue weighted by Crippen LogP contribution is 2.23. The van der Waals surface area contributed by atoms with Crippen molar-refractivity contribution < 1.29 is 9.13 Å². The second-order valence-corrected chi connectivity index (χ2v) is 5.01. The van der Waals surface area contributed by atoms with Crippen LogP contribution in [0.25, 0.3) is 0 Å². The molecule has 1 aromatic carbocycles. The number of rotatable bonds is 4. The van der Waals surface area contributed by atoms with Crippen molar-refractivity contribution in [2.24, 2.45) is 0 Å². The first-order valence-corrected chi connectivity index (χ1v) is 6.06. The molecule has 0 radical (unpaired) electrons. The third-order valence-electron chi connectivity index (χ3n) is 2.12. The lowest BCUT2D eigenvalue weighted by atomic mass is 10.3. The smallest absolute Gasteiger partial charge is 0.165 e. The van der Waals surface area contributed by atoms with Gasteiger partial charge in [0.05, 0.1) is 19.9 Å². The van der Waals surface area contributed by atoms with Crippen molar-refractivity contribution in [2.75, 3.05) is 12.4 Å². The summed E-state index contributed by atoms with van der Waals surface area (Å²) < 4.78 is 18.7. The van der Waals surface area contributed by atoms with Crippen molar-refractivity contribution in [3.63, 3.8) is 0 Å². The minimum atomic E-state index is -0.379. The van der Waals surface area contributed by atoms with Gasteiger partial charge < -0.3 is 10.1 Å². The molecule has 0 aliphatic carbocycles. The predicted octanol–water partition coefficient (Wildman–Crippen LogP) is 3.56. The normalized spacial score (nSPS) is 10.3. The molecule has 0 atom stereocenters. The van der Waals surface area contributed by atoms with Gasteiger partial charge in [-0.1, -0.05) is 11.6 Å². The Morgan fingerprint density at radius 2 is 2.35 bits per heavy atom. The van der Waals surface area contributed by atoms with Gasteiger partial charge in [-0.25, -0.2) is 9.37 Å². The molecule has 0 unspecified atom stereocenters. The first-order valence-electron chi connectivity index (χ1n) is 4.86. The van der Waals surface area contributed by atoms with Crippen LogP contribution in [0.15, 0.2) is 24.4 Å². The zero-order chi connectivity index (χ0) is 12.3. The van der Waals surface area contributed by atoms with Crippen molar-refractivity contribution in [1.29, 1.82) is 0 Å². The summed E-state index contributed by atoms with van der Waals surface area (Å²) >= 11 is 7.18. The Morgan fingerprint density at radius 1 is 1.53 bits per heavy atom. The van der Waals surface area contributed by atoms with E-state index in [0.717, 1.165) is 10.7 Å². The summed E-state index contributed by atoms with van der Waals surface area (Å²) in [6.45, 7) is 0.548. The maximum Gasteiger partial charge on any atom is 0.165 e. The number of halogens is 2. The van der Waals surface area contributed by atoms with Gasteiger partial charge >= 0.3 is 0 Å². The Kier molecular flexibility index (Phi) is 3.81. The molecule has 0 aliphatic heterocycles. The van der Waals surface area contributed by atoms with Crippen LogP contribution in [0, 0.1) is 5.82 Å². The van der Waals surface area contributed by atoms with Gasteiger partial charge in [0.2, 0.25) is 0 Å². The van der Waals surface area contributed by atoms with E-state index in [-0.39, 0.29) is 11.6 Å². The van der Waals surface area contributed by atoms with Crippen molar-refractivity contribution in [1.82, 2.24) is 4.98 Å². The van der Waals surface area contributed by atoms with E-state index in [9.17, 15) is 4.39 Å². The minimum Gasteiger partial charge on any atom is -0.494 e. The molecule has 0 saturated heterocycles. The van der Waals surface area contributed by atoms with Crippen molar-refractivity contribution in [2.45, 2.75) is 6.54 Å². The summed E-state index contributed by atoms with van der Waals surface area (Å²) in [4.78, 5) is 4.11. The van der Waals surface area contributed by atoms with E-state index in [1.807, 2.05) is 0 Å². The lowest BCUT2D eigenvalue weighted by Crippen LogP contribution is -1.99. The fourth-order valence-electron chi connectivity index (χ4n) is 1.32. The number of thiazole rings is 1. The number of aromatic nitrogens is 1. The van der Waals surface area contributed by atoms with Crippen molar-refractivity contribution in [3.8, 4) is 5.75 Å². The molecule has 0 spiro atoms. The standard InChI is InChI=1S/C11H10ClFN2OS/c1-16-9-4-7(2-3-8(9)13)14-6-11-15-5-10(12)17-11/h2-5,14H,6H2,1H3. The van der Waals surface area contributed by atoms with Crippen LogP contribution in [0.1, 0.15) is 5.01 Å². The molecule has 6 heteroatoms. The van der Waals surface area contributed by atoms with Crippen LogP contribution in [0.3, 0.4) is 0 Å². The van der Waals surface area contributed by atoms with Crippen LogP contribution >= 0.6 is 22.9 Å². The molecule has 0 bridgehead atoms. The summed E-state index contributed by atoms with van der Waals surface area (Å²) in [5.74, 6) is -0.164. The molecule has 0 aliphatic rings. The number of nitrogens with zero attached hydrogens (tertiary/aromatic N) is 1. The van der Waals surface area contributed by atoms with Gasteiger partial charge in [-0.2, -0.15) is 0 Å². The van der Waals surface area contributed by atoms with Crippen LogP contribution in [0.2, 0.25) is 4.34 Å². The van der Waals surface area contributed by atoms with Gasteiger partial charge in [-0.05, 0) is 12.1 Å². The lowest BCUT2D eigenvalue weighted by molar-refractivity contribution is 0.387. The third-order valence-corrected chi connectivity index (χ3v) is 3.24. The van der Waals surface area contributed by atoms with Gasteiger partial charge in [0, 0.05) is 11.8 Å². The Labute approximate surface area is 107 Å². The molecule has 17 heavy (non-hydrogen) atoms. The third kappa shape index (κ3) is 3.08. The lowest BCUT2D eigenvalue weighted by Gasteiger charge is -2.07. The fraction of sp³-hybridized carbons (Fsp3) is 0.182. The molecule has 0 fully saturated rings. The Bertz CT molecular complexity index is 518. The molecule has 1 aromatic heterocycles. The largest absolute Gasteiger partial charge is 0.494 e. The van der Waals surface area contributed by atoms with Gasteiger partial charge in [0.1, 0.15) is 9.34 Å². The van der Waals surface area contributed by atoms with Crippen LogP contribution in [0.4, 0.5) is 10.1 Å². The van der Waals surface area contributed by atoms with E-state index >= 15 is 0 Å². The number of methoxy groups -OCH3 is 1. The van der Waals surface area contributed by atoms with E-state index in [2.05, 4.69) is 10.3 Å². The predicted molar refractivity (Wildman–Crippen MR) is 67.4 cm³/mol. The maximum atomic E-state index is 13.2. The summed E-state index contributed by atoms with van der Waals surface area (Å²) in [7, 11) is 1.43. The number of ether oxygens (including phenoxy) is 1. The molecule has 3 nitrogen and oxygen atoms in total. The number of benzene rings is 1. The highest BCUT2D eigenvalue weighted by Gasteiger charge is 2.04. The van der Waals surface area contributed by atoms with E-state index in [4.69, 9.17) is 16.3 Å². The molecule has 2 aromatic rings. The SMILES string of the molecule is COc1cc(NCc2ncc(Cl)s2)ccc1F. The molecule has 90 valence electrons. The van der Waals surface area contributed by atoms with Crippen LogP contribution in [-0.2, 0) is 6.54 Å². The number of anilines is 1. The number of hydrogen-bond donors (Lipinski definition) is 1.